The van der Waals surface area contributed by atoms with Gasteiger partial charge >= 0.3 is 5.97 Å². The molecule has 0 saturated carbocycles. The minimum atomic E-state index is -0.655. The Labute approximate surface area is 156 Å². The van der Waals surface area contributed by atoms with Gasteiger partial charge in [0.1, 0.15) is 0 Å². The normalized spacial score (nSPS) is 12.8. The molecule has 6 nitrogen and oxygen atoms in total. The van der Waals surface area contributed by atoms with Crippen LogP contribution in [0.25, 0.3) is 0 Å². The number of nitrogens with zero attached hydrogens (tertiary/aromatic N) is 1. The largest absolute Gasteiger partial charge is 0.489 e. The van der Waals surface area contributed by atoms with Gasteiger partial charge in [0, 0.05) is 19.2 Å². The van der Waals surface area contributed by atoms with E-state index in [0.717, 1.165) is 6.42 Å². The molecule has 0 spiro atoms. The van der Waals surface area contributed by atoms with Crippen LogP contribution in [-0.4, -0.2) is 38.7 Å². The first-order valence-corrected chi connectivity index (χ1v) is 8.52. The van der Waals surface area contributed by atoms with Crippen LogP contribution < -0.4 is 14.4 Å². The molecule has 2 aromatic rings. The van der Waals surface area contributed by atoms with E-state index >= 15 is 0 Å². The lowest BCUT2D eigenvalue weighted by Crippen LogP contribution is -2.31. The predicted octanol–water partition coefficient (Wildman–Crippen LogP) is 3.32. The fourth-order valence-corrected chi connectivity index (χ4v) is 2.72. The number of rotatable bonds is 4. The number of hydrogen-bond donors (Lipinski definition) is 0. The highest BCUT2D eigenvalue weighted by Gasteiger charge is 2.20. The van der Waals surface area contributed by atoms with E-state index in [-0.39, 0.29) is 23.1 Å². The summed E-state index contributed by atoms with van der Waals surface area (Å²) < 4.78 is 16.2. The molecular formula is C19H18ClNO5. The molecule has 0 radical (unpaired) electrons. The minimum Gasteiger partial charge on any atom is -0.489 e. The van der Waals surface area contributed by atoms with E-state index in [0.29, 0.717) is 30.4 Å². The van der Waals surface area contributed by atoms with Crippen molar-refractivity contribution in [3.05, 3.63) is 53.1 Å². The first-order chi connectivity index (χ1) is 12.6. The van der Waals surface area contributed by atoms with Gasteiger partial charge in [0.2, 0.25) is 0 Å². The van der Waals surface area contributed by atoms with E-state index in [1.165, 1.54) is 17.0 Å². The van der Waals surface area contributed by atoms with Crippen LogP contribution in [0.5, 0.6) is 11.5 Å². The second-order valence-corrected chi connectivity index (χ2v) is 6.11. The van der Waals surface area contributed by atoms with Gasteiger partial charge in [-0.15, -0.1) is 0 Å². The highest BCUT2D eigenvalue weighted by molar-refractivity contribution is 6.32. The predicted molar refractivity (Wildman–Crippen MR) is 97.2 cm³/mol. The summed E-state index contributed by atoms with van der Waals surface area (Å²) in [6.45, 7) is 0.593. The van der Waals surface area contributed by atoms with Crippen LogP contribution in [0, 0.1) is 0 Å². The Kier molecular flexibility index (Phi) is 5.63. The van der Waals surface area contributed by atoms with Crippen molar-refractivity contribution in [1.82, 2.24) is 0 Å². The van der Waals surface area contributed by atoms with E-state index < -0.39 is 5.97 Å². The highest BCUT2D eigenvalue weighted by atomic mass is 35.5. The van der Waals surface area contributed by atoms with Gasteiger partial charge in [-0.3, -0.25) is 4.79 Å². The number of carbonyl (C=O) groups excluding carboxylic acids is 2. The van der Waals surface area contributed by atoms with Crippen molar-refractivity contribution in [2.45, 2.75) is 6.42 Å². The van der Waals surface area contributed by atoms with Gasteiger partial charge < -0.3 is 19.1 Å². The molecule has 2 aromatic carbocycles. The zero-order valence-electron chi connectivity index (χ0n) is 14.2. The van der Waals surface area contributed by atoms with Crippen LogP contribution in [0.15, 0.2) is 42.5 Å². The van der Waals surface area contributed by atoms with Crippen LogP contribution in [0.2, 0.25) is 5.02 Å². The molecule has 0 saturated heterocycles. The summed E-state index contributed by atoms with van der Waals surface area (Å²) >= 11 is 6.17. The van der Waals surface area contributed by atoms with Gasteiger partial charge in [0.05, 0.1) is 23.8 Å². The second kappa shape index (κ2) is 8.10. The summed E-state index contributed by atoms with van der Waals surface area (Å²) in [4.78, 5) is 25.9. The standard InChI is InChI=1S/C19H18ClNO5/c1-21(14-6-3-2-4-7-14)17(22)12-26-19(23)13-10-15(20)18-16(11-13)24-8-5-9-25-18/h2-4,6-7,10-11H,5,8-9,12H2,1H3. The lowest BCUT2D eigenvalue weighted by atomic mass is 10.2. The third-order valence-electron chi connectivity index (χ3n) is 3.88. The molecule has 0 aliphatic carbocycles. The molecule has 1 aliphatic rings. The molecule has 0 N–H and O–H groups in total. The summed E-state index contributed by atoms with van der Waals surface area (Å²) in [7, 11) is 1.62. The van der Waals surface area contributed by atoms with Gasteiger partial charge in [-0.25, -0.2) is 4.79 Å². The van der Waals surface area contributed by atoms with Crippen molar-refractivity contribution in [3.63, 3.8) is 0 Å². The van der Waals surface area contributed by atoms with Crippen LogP contribution in [0.3, 0.4) is 0 Å². The maximum atomic E-state index is 12.3. The molecule has 26 heavy (non-hydrogen) atoms. The monoisotopic (exact) mass is 375 g/mol. The fraction of sp³-hybridized carbons (Fsp3) is 0.263. The second-order valence-electron chi connectivity index (χ2n) is 5.70. The van der Waals surface area contributed by atoms with Gasteiger partial charge in [-0.1, -0.05) is 29.8 Å². The molecule has 1 amide bonds. The molecule has 7 heteroatoms. The Morgan fingerprint density at radius 3 is 2.65 bits per heavy atom. The molecule has 3 rings (SSSR count). The highest BCUT2D eigenvalue weighted by Crippen LogP contribution is 2.38. The van der Waals surface area contributed by atoms with Crippen LogP contribution in [-0.2, 0) is 9.53 Å². The number of esters is 1. The molecule has 0 fully saturated rings. The number of ether oxygens (including phenoxy) is 3. The number of likely N-dealkylation sites (N-methyl/N-ethyl adjacent to an activating group) is 1. The van der Waals surface area contributed by atoms with Crippen LogP contribution in [0.4, 0.5) is 5.69 Å². The Morgan fingerprint density at radius 2 is 1.88 bits per heavy atom. The zero-order valence-corrected chi connectivity index (χ0v) is 15.0. The summed E-state index contributed by atoms with van der Waals surface area (Å²) in [6.07, 6.45) is 0.727. The lowest BCUT2D eigenvalue weighted by Gasteiger charge is -2.17. The first-order valence-electron chi connectivity index (χ1n) is 8.14. The molecule has 1 heterocycles. The van der Waals surface area contributed by atoms with Crippen molar-refractivity contribution < 1.29 is 23.8 Å². The molecule has 1 aliphatic heterocycles. The van der Waals surface area contributed by atoms with Gasteiger partial charge in [0.15, 0.2) is 18.1 Å². The fourth-order valence-electron chi connectivity index (χ4n) is 2.45. The molecule has 0 atom stereocenters. The van der Waals surface area contributed by atoms with Crippen molar-refractivity contribution in [3.8, 4) is 11.5 Å². The third-order valence-corrected chi connectivity index (χ3v) is 4.16. The number of carbonyl (C=O) groups is 2. The topological polar surface area (TPSA) is 65.1 Å². The Hall–Kier alpha value is -2.73. The maximum Gasteiger partial charge on any atom is 0.338 e. The maximum absolute atomic E-state index is 12.3. The van der Waals surface area contributed by atoms with Gasteiger partial charge in [-0.05, 0) is 24.3 Å². The van der Waals surface area contributed by atoms with Gasteiger partial charge in [0.25, 0.3) is 5.91 Å². The SMILES string of the molecule is CN(C(=O)COC(=O)c1cc(Cl)c2c(c1)OCCCO2)c1ccccc1. The number of benzene rings is 2. The molecule has 0 unspecified atom stereocenters. The van der Waals surface area contributed by atoms with Crippen molar-refractivity contribution in [2.24, 2.45) is 0 Å². The first kappa shape index (κ1) is 18.1. The Balaban J connectivity index is 1.66. The summed E-state index contributed by atoms with van der Waals surface area (Å²) in [6, 6.07) is 12.1. The summed E-state index contributed by atoms with van der Waals surface area (Å²) in [5.41, 5.74) is 0.918. The number of para-hydroxylation sites is 1. The Bertz CT molecular complexity index is 809. The zero-order chi connectivity index (χ0) is 18.5. The average molecular weight is 376 g/mol. The van der Waals surface area contributed by atoms with E-state index in [2.05, 4.69) is 0 Å². The van der Waals surface area contributed by atoms with E-state index in [4.69, 9.17) is 25.8 Å². The van der Waals surface area contributed by atoms with Crippen LogP contribution in [0.1, 0.15) is 16.8 Å². The Morgan fingerprint density at radius 1 is 1.15 bits per heavy atom. The van der Waals surface area contributed by atoms with Crippen molar-refractivity contribution in [2.75, 3.05) is 31.8 Å². The van der Waals surface area contributed by atoms with Crippen LogP contribution >= 0.6 is 11.6 Å². The minimum absolute atomic E-state index is 0.203. The number of anilines is 1. The number of amides is 1. The smallest absolute Gasteiger partial charge is 0.338 e. The number of fused-ring (bicyclic) bond motifs is 1. The van der Waals surface area contributed by atoms with E-state index in [1.54, 1.807) is 19.2 Å². The van der Waals surface area contributed by atoms with E-state index in [9.17, 15) is 9.59 Å². The number of halogens is 1. The van der Waals surface area contributed by atoms with Gasteiger partial charge in [-0.2, -0.15) is 0 Å². The average Bonchev–Trinajstić information content (AvgIpc) is 2.91. The molecule has 0 aromatic heterocycles. The third kappa shape index (κ3) is 4.08. The quantitative estimate of drug-likeness (QED) is 0.767. The number of hydrogen-bond acceptors (Lipinski definition) is 5. The lowest BCUT2D eigenvalue weighted by molar-refractivity contribution is -0.121. The molecule has 0 bridgehead atoms. The van der Waals surface area contributed by atoms with Crippen molar-refractivity contribution >= 4 is 29.2 Å². The summed E-state index contributed by atoms with van der Waals surface area (Å²) in [5, 5.41) is 0.268. The van der Waals surface area contributed by atoms with E-state index in [1.807, 2.05) is 18.2 Å². The molecular weight excluding hydrogens is 358 g/mol. The van der Waals surface area contributed by atoms with Crippen molar-refractivity contribution in [1.29, 1.82) is 0 Å². The summed E-state index contributed by atoms with van der Waals surface area (Å²) in [5.74, 6) is -0.183. The molecule has 136 valence electrons.